The summed E-state index contributed by atoms with van der Waals surface area (Å²) >= 11 is 0. The second-order valence-corrected chi connectivity index (χ2v) is 6.03. The quantitative estimate of drug-likeness (QED) is 0.643. The number of methoxy groups -OCH3 is 2. The molecule has 168 valence electrons. The van der Waals surface area contributed by atoms with E-state index < -0.39 is 138 Å². The fourth-order valence-corrected chi connectivity index (χ4v) is 2.82. The van der Waals surface area contributed by atoms with Crippen LogP contribution in [0.3, 0.4) is 0 Å². The van der Waals surface area contributed by atoms with E-state index in [-0.39, 0.29) is 4.90 Å². The summed E-state index contributed by atoms with van der Waals surface area (Å²) < 4.78 is 263. The van der Waals surface area contributed by atoms with Crippen molar-refractivity contribution < 1.29 is 60.1 Å². The Hall–Kier alpha value is -1.79. The first-order valence-corrected chi connectivity index (χ1v) is 8.24. The maximum Gasteiger partial charge on any atom is 0.323 e. The predicted molar refractivity (Wildman–Crippen MR) is 118 cm³/mol. The van der Waals surface area contributed by atoms with E-state index in [9.17, 15) is 14.4 Å². The van der Waals surface area contributed by atoms with Crippen molar-refractivity contribution in [2.24, 2.45) is 23.4 Å². The molecule has 6 heteroatoms. The summed E-state index contributed by atoms with van der Waals surface area (Å²) in [6, 6.07) is -7.47. The molecular formula is C24H38N2O4. The highest BCUT2D eigenvalue weighted by Gasteiger charge is 2.41. The highest BCUT2D eigenvalue weighted by Crippen LogP contribution is 2.44. The lowest BCUT2D eigenvalue weighted by atomic mass is 9.79. The second-order valence-electron chi connectivity index (χ2n) is 6.03. The highest BCUT2D eigenvalue weighted by atomic mass is 16.5. The van der Waals surface area contributed by atoms with Crippen LogP contribution in [0.15, 0.2) is 12.1 Å². The Morgan fingerprint density at radius 2 is 2.13 bits per heavy atom. The Labute approximate surface area is 223 Å². The van der Waals surface area contributed by atoms with Crippen LogP contribution in [0.25, 0.3) is 0 Å². The predicted octanol–water partition coefficient (Wildman–Crippen LogP) is 3.56. The van der Waals surface area contributed by atoms with Crippen LogP contribution in [0.2, 0.25) is 0 Å². The number of carbonyl (C=O) groups excluding carboxylic acids is 1. The maximum absolute atomic E-state index is 14.1. The average molecular weight is 449 g/mol. The van der Waals surface area contributed by atoms with Crippen LogP contribution in [0, 0.1) is 17.7 Å². The van der Waals surface area contributed by atoms with Gasteiger partial charge in [0, 0.05) is 60.1 Å². The van der Waals surface area contributed by atoms with Crippen LogP contribution in [0.1, 0.15) is 98.4 Å². The van der Waals surface area contributed by atoms with Gasteiger partial charge in [0.2, 0.25) is 0 Å². The van der Waals surface area contributed by atoms with E-state index in [1.54, 1.807) is 0 Å². The normalized spacial score (nSPS) is 55.1. The van der Waals surface area contributed by atoms with Gasteiger partial charge in [0.15, 0.2) is 11.5 Å². The third kappa shape index (κ3) is 4.75. The Kier molecular flexibility index (Phi) is 1.84. The molecule has 0 bridgehead atoms. The molecule has 4 atom stereocenters. The van der Waals surface area contributed by atoms with Crippen LogP contribution in [0.4, 0.5) is 0 Å². The van der Waals surface area contributed by atoms with Crippen LogP contribution in [-0.2, 0) is 16.0 Å². The monoisotopic (exact) mass is 448 g/mol. The summed E-state index contributed by atoms with van der Waals surface area (Å²) in [6.45, 7) is -23.3. The van der Waals surface area contributed by atoms with E-state index in [1.165, 1.54) is 0 Å². The number of esters is 1. The summed E-state index contributed by atoms with van der Waals surface area (Å²) in [5.74, 6) is -19.6. The Morgan fingerprint density at radius 1 is 1.37 bits per heavy atom. The van der Waals surface area contributed by atoms with E-state index in [0.717, 1.165) is 0 Å². The van der Waals surface area contributed by atoms with Crippen molar-refractivity contribution in [3.05, 3.63) is 23.3 Å². The number of fused-ring (bicyclic) bond motifs is 3. The van der Waals surface area contributed by atoms with Crippen molar-refractivity contribution in [3.63, 3.8) is 0 Å². The fraction of sp³-hybridized carbons (Fsp3) is 0.708. The highest BCUT2D eigenvalue weighted by molar-refractivity contribution is 5.76. The summed E-state index contributed by atoms with van der Waals surface area (Å²) in [4.78, 5) is 14.0. The minimum absolute atomic E-state index is 0.104. The number of hydrogen-bond donors (Lipinski definition) is 1. The summed E-state index contributed by atoms with van der Waals surface area (Å²) in [6.07, 6.45) is -15.7. The lowest BCUT2D eigenvalue weighted by molar-refractivity contribution is -0.160. The molecule has 0 saturated carbocycles. The average Bonchev–Trinajstić information content (AvgIpc) is 2.99. The zero-order chi connectivity index (χ0) is 47.9. The first-order valence-electron chi connectivity index (χ1n) is 23.2. The minimum Gasteiger partial charge on any atom is -0.493 e. The van der Waals surface area contributed by atoms with Crippen LogP contribution in [-0.4, -0.2) is 50.1 Å². The topological polar surface area (TPSA) is 74.0 Å². The zero-order valence-electron chi connectivity index (χ0n) is 45.2. The molecule has 2 N–H and O–H groups in total. The second kappa shape index (κ2) is 9.56. The molecule has 6 nitrogen and oxygen atoms in total. The van der Waals surface area contributed by atoms with Crippen molar-refractivity contribution in [3.8, 4) is 11.5 Å². The van der Waals surface area contributed by atoms with E-state index in [0.29, 0.717) is 12.1 Å². The molecule has 0 aliphatic carbocycles. The third-order valence-electron chi connectivity index (χ3n) is 4.16. The molecule has 2 aliphatic rings. The summed E-state index contributed by atoms with van der Waals surface area (Å²) in [5, 5.41) is 0. The Morgan fingerprint density at radius 3 is 2.83 bits per heavy atom. The Bertz CT molecular complexity index is 1810. The van der Waals surface area contributed by atoms with Gasteiger partial charge < -0.3 is 19.9 Å². The number of nitrogens with zero attached hydrogens (tertiary/aromatic N) is 1. The van der Waals surface area contributed by atoms with E-state index in [4.69, 9.17) is 51.5 Å². The number of benzene rings is 1. The number of rotatable bonds is 7. The van der Waals surface area contributed by atoms with Gasteiger partial charge in [-0.25, -0.2) is 0 Å². The molecule has 0 spiro atoms. The third-order valence-corrected chi connectivity index (χ3v) is 4.16. The first-order chi connectivity index (χ1) is 25.9. The van der Waals surface area contributed by atoms with E-state index in [2.05, 4.69) is 0 Å². The van der Waals surface area contributed by atoms with Gasteiger partial charge in [-0.2, -0.15) is 0 Å². The van der Waals surface area contributed by atoms with Crippen LogP contribution >= 0.6 is 0 Å². The standard InChI is InChI=1S/C24H38N2O4/c1-14(2)9-17-13-26-8-7-16-10-21(28-5)22(29-6)11-18(16)19(26)12-20(17)30-24(27)23(25)15(3)4/h10-11,14-15,17,19-20,23H,7-9,12-13,25H2,1-6H3/t17?,19?,20?,23-/m0/s1/i1D3,2D3,3D3,4D3,5D3,6D3,9D2,12D2,13D2,14D,15D,17D,19D,20D,23D. The van der Waals surface area contributed by atoms with Gasteiger partial charge in [0.05, 0.1) is 26.4 Å². The number of piperidine rings is 1. The van der Waals surface area contributed by atoms with Crippen LogP contribution < -0.4 is 15.2 Å². The first kappa shape index (κ1) is 5.76. The summed E-state index contributed by atoms with van der Waals surface area (Å²) in [7, 11) is -6.85. The van der Waals surface area contributed by atoms with Gasteiger partial charge in [-0.05, 0) is 47.8 Å². The fourth-order valence-electron chi connectivity index (χ4n) is 2.82. The number of carbonyl (C=O) groups is 1. The molecule has 30 heavy (non-hydrogen) atoms. The van der Waals surface area contributed by atoms with Gasteiger partial charge in [-0.3, -0.25) is 9.69 Å². The minimum atomic E-state index is -5.19. The molecule has 0 amide bonds. The van der Waals surface area contributed by atoms with Gasteiger partial charge in [0.25, 0.3) is 0 Å². The van der Waals surface area contributed by atoms with E-state index >= 15 is 0 Å². The lowest BCUT2D eigenvalue weighted by Gasteiger charge is -2.47. The van der Waals surface area contributed by atoms with Crippen molar-refractivity contribution >= 4 is 5.97 Å². The molecule has 1 saturated heterocycles. The van der Waals surface area contributed by atoms with Crippen molar-refractivity contribution in [2.75, 3.05) is 27.1 Å². The molecule has 1 fully saturated rings. The molecule has 3 unspecified atom stereocenters. The molecule has 0 aromatic heterocycles. The van der Waals surface area contributed by atoms with Crippen molar-refractivity contribution in [2.45, 2.75) is 64.7 Å². The largest absolute Gasteiger partial charge is 0.493 e. The number of ether oxygens (including phenoxy) is 3. The van der Waals surface area contributed by atoms with E-state index in [1.807, 2.05) is 0 Å². The SMILES string of the molecule is [2H]C([2H])([2H])Oc1cc2c(cc1OC([2H])([2H])[2H])C1([2H])N(CC2)C([2H])([2H])C([2H])(C([2H])([2H])C([2H])(C([2H])([2H])[2H])C([2H])([2H])[2H])C([2H])(OC(=O)[C@@]([2H])(N)C([2H])(C([2H])([2H])[2H])C([2H])([2H])[2H])C1([2H])[2H]. The smallest absolute Gasteiger partial charge is 0.323 e. The molecule has 2 heterocycles. The molecule has 1 aromatic carbocycles. The van der Waals surface area contributed by atoms with Crippen molar-refractivity contribution in [1.82, 2.24) is 4.90 Å². The molecular weight excluding hydrogens is 380 g/mol. The number of hydrogen-bond acceptors (Lipinski definition) is 6. The number of nitrogens with two attached hydrogens (primary N) is 1. The van der Waals surface area contributed by atoms with Crippen LogP contribution in [0.5, 0.6) is 11.5 Å². The molecule has 2 aliphatic heterocycles. The molecule has 0 radical (unpaired) electrons. The zero-order valence-corrected chi connectivity index (χ0v) is 15.2. The van der Waals surface area contributed by atoms with Gasteiger partial charge in [-0.1, -0.05) is 27.4 Å². The van der Waals surface area contributed by atoms with Gasteiger partial charge in [0.1, 0.15) is 12.1 Å². The van der Waals surface area contributed by atoms with Crippen molar-refractivity contribution in [1.29, 1.82) is 0 Å². The lowest BCUT2D eigenvalue weighted by Crippen LogP contribution is -2.51. The summed E-state index contributed by atoms with van der Waals surface area (Å²) in [5.41, 5.74) is 4.06. The molecule has 3 rings (SSSR count). The maximum atomic E-state index is 14.1. The van der Waals surface area contributed by atoms with Gasteiger partial charge >= 0.3 is 5.97 Å². The Balaban J connectivity index is 2.70. The molecule has 1 aromatic rings. The van der Waals surface area contributed by atoms with Gasteiger partial charge in [-0.15, -0.1) is 0 Å².